The second kappa shape index (κ2) is 11.2. The Hall–Kier alpha value is -4.11. The number of rotatable bonds is 5. The number of nitrogens with two attached hydrogens (primary N) is 1. The number of benzene rings is 2. The molecule has 5 rings (SSSR count). The van der Waals surface area contributed by atoms with E-state index in [1.807, 2.05) is 0 Å². The van der Waals surface area contributed by atoms with Gasteiger partial charge >= 0.3 is 12.1 Å². The maximum absolute atomic E-state index is 13.9. The third-order valence-corrected chi connectivity index (χ3v) is 8.11. The number of hydrogen-bond acceptors (Lipinski definition) is 6. The SMILES string of the molecule is N#Cc1cc(F)ccc1[C@H]1CC[C@H](N2CC[C@@H](NC(=O)N3C(=O)O[C@@H](C(N)=O)[C@@H]3c3ccc(F)c(F)c3)C2)CC1. The normalized spacial score (nSPS) is 26.8. The van der Waals surface area contributed by atoms with Gasteiger partial charge in [0.25, 0.3) is 5.91 Å². The van der Waals surface area contributed by atoms with E-state index in [0.717, 1.165) is 49.9 Å². The first-order valence-electron chi connectivity index (χ1n) is 13.1. The summed E-state index contributed by atoms with van der Waals surface area (Å²) in [6.07, 6.45) is 1.42. The van der Waals surface area contributed by atoms with Gasteiger partial charge in [0.1, 0.15) is 11.9 Å². The van der Waals surface area contributed by atoms with Crippen molar-refractivity contribution in [3.63, 3.8) is 0 Å². The third-order valence-electron chi connectivity index (χ3n) is 8.11. The van der Waals surface area contributed by atoms with E-state index in [-0.39, 0.29) is 23.6 Å². The van der Waals surface area contributed by atoms with E-state index < -0.39 is 47.6 Å². The van der Waals surface area contributed by atoms with Crippen molar-refractivity contribution in [1.29, 1.82) is 5.26 Å². The number of amides is 4. The van der Waals surface area contributed by atoms with Crippen molar-refractivity contribution in [3.05, 3.63) is 70.5 Å². The molecule has 2 aliphatic heterocycles. The fraction of sp³-hybridized carbons (Fsp3) is 0.429. The first-order valence-corrected chi connectivity index (χ1v) is 13.1. The number of ether oxygens (including phenoxy) is 1. The van der Waals surface area contributed by atoms with Crippen LogP contribution in [0, 0.1) is 28.8 Å². The molecular weight excluding hydrogens is 527 g/mol. The molecule has 40 heavy (non-hydrogen) atoms. The average molecular weight is 556 g/mol. The summed E-state index contributed by atoms with van der Waals surface area (Å²) in [5.41, 5.74) is 6.61. The number of halogens is 3. The highest BCUT2D eigenvalue weighted by Crippen LogP contribution is 2.38. The molecule has 4 amide bonds. The average Bonchev–Trinajstić information content (AvgIpc) is 3.54. The molecule has 210 valence electrons. The summed E-state index contributed by atoms with van der Waals surface area (Å²) in [6, 6.07) is 7.06. The Kier molecular flexibility index (Phi) is 7.67. The molecular formula is C28H28F3N5O4. The van der Waals surface area contributed by atoms with Crippen molar-refractivity contribution in [2.45, 2.75) is 62.3 Å². The van der Waals surface area contributed by atoms with Gasteiger partial charge in [0, 0.05) is 25.2 Å². The van der Waals surface area contributed by atoms with Gasteiger partial charge in [-0.3, -0.25) is 9.69 Å². The summed E-state index contributed by atoms with van der Waals surface area (Å²) in [7, 11) is 0. The molecule has 2 heterocycles. The topological polar surface area (TPSA) is 129 Å². The lowest BCUT2D eigenvalue weighted by molar-refractivity contribution is -0.125. The maximum atomic E-state index is 13.9. The number of cyclic esters (lactones) is 1. The second-order valence-corrected chi connectivity index (χ2v) is 10.5. The molecule has 9 nitrogen and oxygen atoms in total. The minimum atomic E-state index is -1.55. The smallest absolute Gasteiger partial charge is 0.419 e. The number of primary amides is 1. The number of imide groups is 1. The summed E-state index contributed by atoms with van der Waals surface area (Å²) in [6.45, 7) is 1.26. The molecule has 0 aromatic heterocycles. The highest BCUT2D eigenvalue weighted by molar-refractivity contribution is 5.97. The van der Waals surface area contributed by atoms with Gasteiger partial charge in [0.2, 0.25) is 6.10 Å². The van der Waals surface area contributed by atoms with Crippen molar-refractivity contribution in [2.75, 3.05) is 13.1 Å². The summed E-state index contributed by atoms with van der Waals surface area (Å²) in [5.74, 6) is -3.60. The molecule has 1 aliphatic carbocycles. The maximum Gasteiger partial charge on any atom is 0.419 e. The minimum Gasteiger partial charge on any atom is -0.433 e. The Bertz CT molecular complexity index is 1370. The number of urea groups is 1. The van der Waals surface area contributed by atoms with Crippen molar-refractivity contribution in [3.8, 4) is 6.07 Å². The third kappa shape index (κ3) is 5.34. The van der Waals surface area contributed by atoms with Gasteiger partial charge in [0.15, 0.2) is 11.6 Å². The Morgan fingerprint density at radius 3 is 2.45 bits per heavy atom. The summed E-state index contributed by atoms with van der Waals surface area (Å²) in [5, 5.41) is 12.2. The van der Waals surface area contributed by atoms with Crippen LogP contribution in [0.15, 0.2) is 36.4 Å². The van der Waals surface area contributed by atoms with E-state index in [4.69, 9.17) is 10.5 Å². The minimum absolute atomic E-state index is 0.00535. The highest BCUT2D eigenvalue weighted by atomic mass is 19.2. The van der Waals surface area contributed by atoms with Crippen molar-refractivity contribution >= 4 is 18.0 Å². The van der Waals surface area contributed by atoms with Crippen LogP contribution in [0.5, 0.6) is 0 Å². The van der Waals surface area contributed by atoms with Crippen LogP contribution in [-0.4, -0.2) is 59.1 Å². The van der Waals surface area contributed by atoms with E-state index in [1.165, 1.54) is 18.2 Å². The van der Waals surface area contributed by atoms with E-state index in [2.05, 4.69) is 16.3 Å². The van der Waals surface area contributed by atoms with E-state index in [0.29, 0.717) is 23.4 Å². The Morgan fingerprint density at radius 1 is 1.02 bits per heavy atom. The standard InChI is InChI=1S/C28H28F3N5O4/c29-18-4-7-21(17(11-18)13-32)15-1-5-20(6-2-15)35-10-9-19(14-35)34-27(38)36-24(25(26(33)37)40-28(36)39)16-3-8-22(30)23(31)12-16/h3-4,7-8,11-12,15,19-20,24-25H,1-2,5-6,9-10,14H2,(H2,33,37)(H,34,38)/t15-,19-,20-,24+,25-/m1/s1. The van der Waals surface area contributed by atoms with Crippen LogP contribution in [0.3, 0.4) is 0 Å². The fourth-order valence-corrected chi connectivity index (χ4v) is 6.14. The second-order valence-electron chi connectivity index (χ2n) is 10.5. The molecule has 1 saturated carbocycles. The lowest BCUT2D eigenvalue weighted by Gasteiger charge is -2.35. The van der Waals surface area contributed by atoms with Crippen LogP contribution >= 0.6 is 0 Å². The van der Waals surface area contributed by atoms with Gasteiger partial charge in [-0.25, -0.2) is 27.7 Å². The Morgan fingerprint density at radius 2 is 1.77 bits per heavy atom. The molecule has 2 saturated heterocycles. The monoisotopic (exact) mass is 555 g/mol. The summed E-state index contributed by atoms with van der Waals surface area (Å²) in [4.78, 5) is 40.7. The molecule has 0 radical (unpaired) electrons. The van der Waals surface area contributed by atoms with Crippen LogP contribution in [0.2, 0.25) is 0 Å². The highest BCUT2D eigenvalue weighted by Gasteiger charge is 2.50. The van der Waals surface area contributed by atoms with Gasteiger partial charge in [-0.1, -0.05) is 12.1 Å². The van der Waals surface area contributed by atoms with Gasteiger partial charge in [0.05, 0.1) is 11.6 Å². The van der Waals surface area contributed by atoms with Gasteiger partial charge in [-0.2, -0.15) is 5.26 Å². The molecule has 3 N–H and O–H groups in total. The molecule has 3 fully saturated rings. The number of nitrogens with one attached hydrogen (secondary N) is 1. The zero-order chi connectivity index (χ0) is 28.6. The molecule has 0 bridgehead atoms. The Labute approximate surface area is 228 Å². The summed E-state index contributed by atoms with van der Waals surface area (Å²) < 4.78 is 46.0. The van der Waals surface area contributed by atoms with Crippen molar-refractivity contribution in [1.82, 2.24) is 15.1 Å². The molecule has 2 aromatic rings. The van der Waals surface area contributed by atoms with E-state index >= 15 is 0 Å². The van der Waals surface area contributed by atoms with E-state index in [1.54, 1.807) is 6.07 Å². The number of nitriles is 1. The molecule has 3 aliphatic rings. The quantitative estimate of drug-likeness (QED) is 0.577. The zero-order valence-corrected chi connectivity index (χ0v) is 21.5. The number of hydrogen-bond donors (Lipinski definition) is 2. The largest absolute Gasteiger partial charge is 0.433 e. The predicted octanol–water partition coefficient (Wildman–Crippen LogP) is 3.83. The first-order chi connectivity index (χ1) is 19.2. The fourth-order valence-electron chi connectivity index (χ4n) is 6.14. The van der Waals surface area contributed by atoms with Crippen LogP contribution in [0.25, 0.3) is 0 Å². The molecule has 2 aromatic carbocycles. The van der Waals surface area contributed by atoms with Gasteiger partial charge in [-0.15, -0.1) is 0 Å². The molecule has 0 spiro atoms. The summed E-state index contributed by atoms with van der Waals surface area (Å²) >= 11 is 0. The molecule has 12 heteroatoms. The molecule has 0 unspecified atom stereocenters. The van der Waals surface area contributed by atoms with Crippen LogP contribution < -0.4 is 11.1 Å². The number of carbonyl (C=O) groups is 3. The Balaban J connectivity index is 1.21. The lowest BCUT2D eigenvalue weighted by Crippen LogP contribution is -2.48. The van der Waals surface area contributed by atoms with E-state index in [9.17, 15) is 32.8 Å². The number of nitrogens with zero attached hydrogens (tertiary/aromatic N) is 3. The van der Waals surface area contributed by atoms with Crippen molar-refractivity contribution < 1.29 is 32.3 Å². The number of likely N-dealkylation sites (tertiary alicyclic amines) is 1. The van der Waals surface area contributed by atoms with Crippen LogP contribution in [0.1, 0.15) is 60.8 Å². The zero-order valence-electron chi connectivity index (χ0n) is 21.5. The predicted molar refractivity (Wildman–Crippen MR) is 135 cm³/mol. The first kappa shape index (κ1) is 27.5. The van der Waals surface area contributed by atoms with Crippen molar-refractivity contribution in [2.24, 2.45) is 5.73 Å². The number of carbonyl (C=O) groups excluding carboxylic acids is 3. The lowest BCUT2D eigenvalue weighted by atomic mass is 9.80. The van der Waals surface area contributed by atoms with Crippen LogP contribution in [-0.2, 0) is 9.53 Å². The van der Waals surface area contributed by atoms with Gasteiger partial charge in [-0.05, 0) is 73.4 Å². The van der Waals surface area contributed by atoms with Gasteiger partial charge < -0.3 is 15.8 Å². The molecule has 3 atom stereocenters. The van der Waals surface area contributed by atoms with Crippen LogP contribution in [0.4, 0.5) is 22.8 Å².